The number of rotatable bonds is 2. The maximum Gasteiger partial charge on any atom is 0.162 e. The number of hydrogen-bond donors (Lipinski definition) is 0. The summed E-state index contributed by atoms with van der Waals surface area (Å²) in [7, 11) is 0. The lowest BCUT2D eigenvalue weighted by Gasteiger charge is -2.05. The maximum absolute atomic E-state index is 5.88. The average molecular weight is 352 g/mol. The molecule has 0 aliphatic carbocycles. The maximum atomic E-state index is 5.88. The standard InChI is InChI=1S/C17H12ClN5.C2H6/c1-11-16(13-2-3-15(18)20-10-13)23-17(22-11)14(6-9-21-23)12-4-7-19-8-5-12;1-2/h2-10H,1H3;1-2H3. The number of aromatic nitrogens is 5. The fraction of sp³-hybridized carbons (Fsp3) is 0.158. The zero-order valence-electron chi connectivity index (χ0n) is 14.3. The molecule has 0 spiro atoms. The van der Waals surface area contributed by atoms with Crippen LogP contribution in [0.5, 0.6) is 0 Å². The van der Waals surface area contributed by atoms with Crippen molar-refractivity contribution in [3.8, 4) is 22.4 Å². The summed E-state index contributed by atoms with van der Waals surface area (Å²) in [6.07, 6.45) is 7.05. The Morgan fingerprint density at radius 2 is 1.68 bits per heavy atom. The van der Waals surface area contributed by atoms with E-state index in [2.05, 4.69) is 15.1 Å². The highest BCUT2D eigenvalue weighted by Gasteiger charge is 2.15. The van der Waals surface area contributed by atoms with Crippen molar-refractivity contribution in [3.05, 3.63) is 66.0 Å². The first-order chi connectivity index (χ1) is 12.2. The second-order valence-electron chi connectivity index (χ2n) is 5.13. The Bertz CT molecular complexity index is 978. The van der Waals surface area contributed by atoms with Crippen molar-refractivity contribution in [2.24, 2.45) is 0 Å². The molecule has 0 N–H and O–H groups in total. The molecule has 0 fully saturated rings. The fourth-order valence-electron chi connectivity index (χ4n) is 2.66. The molecule has 0 unspecified atom stereocenters. The Hall–Kier alpha value is -2.79. The van der Waals surface area contributed by atoms with Crippen molar-refractivity contribution in [1.82, 2.24) is 24.6 Å². The molecule has 0 saturated carbocycles. The van der Waals surface area contributed by atoms with E-state index in [9.17, 15) is 0 Å². The van der Waals surface area contributed by atoms with Gasteiger partial charge >= 0.3 is 0 Å². The third-order valence-electron chi connectivity index (χ3n) is 3.69. The van der Waals surface area contributed by atoms with Crippen molar-refractivity contribution in [1.29, 1.82) is 0 Å². The summed E-state index contributed by atoms with van der Waals surface area (Å²) in [5.74, 6) is 0. The number of pyridine rings is 2. The number of fused-ring (bicyclic) bond motifs is 1. The summed E-state index contributed by atoms with van der Waals surface area (Å²) in [6, 6.07) is 9.57. The zero-order valence-corrected chi connectivity index (χ0v) is 15.1. The molecule has 0 saturated heterocycles. The van der Waals surface area contributed by atoms with E-state index in [1.165, 1.54) is 0 Å². The molecule has 6 heteroatoms. The first kappa shape index (κ1) is 17.0. The van der Waals surface area contributed by atoms with Gasteiger partial charge in [-0.15, -0.1) is 0 Å². The third kappa shape index (κ3) is 3.23. The molecule has 0 bridgehead atoms. The van der Waals surface area contributed by atoms with Crippen LogP contribution in [0.3, 0.4) is 0 Å². The summed E-state index contributed by atoms with van der Waals surface area (Å²) in [6.45, 7) is 5.97. The van der Waals surface area contributed by atoms with Crippen molar-refractivity contribution in [2.45, 2.75) is 20.8 Å². The van der Waals surface area contributed by atoms with Gasteiger partial charge in [0, 0.05) is 35.9 Å². The van der Waals surface area contributed by atoms with E-state index >= 15 is 0 Å². The van der Waals surface area contributed by atoms with E-state index in [4.69, 9.17) is 16.6 Å². The van der Waals surface area contributed by atoms with Gasteiger partial charge in [-0.1, -0.05) is 25.4 Å². The van der Waals surface area contributed by atoms with Gasteiger partial charge < -0.3 is 0 Å². The van der Waals surface area contributed by atoms with Crippen molar-refractivity contribution in [2.75, 3.05) is 0 Å². The second kappa shape index (κ2) is 7.40. The third-order valence-corrected chi connectivity index (χ3v) is 3.91. The van der Waals surface area contributed by atoms with E-state index < -0.39 is 0 Å². The van der Waals surface area contributed by atoms with Crippen LogP contribution in [0.2, 0.25) is 5.15 Å². The van der Waals surface area contributed by atoms with Crippen LogP contribution in [0, 0.1) is 6.92 Å². The van der Waals surface area contributed by atoms with E-state index in [-0.39, 0.29) is 0 Å². The van der Waals surface area contributed by atoms with E-state index in [0.29, 0.717) is 5.15 Å². The molecular formula is C19H18ClN5. The molecular weight excluding hydrogens is 334 g/mol. The highest BCUT2D eigenvalue weighted by atomic mass is 35.5. The van der Waals surface area contributed by atoms with Crippen LogP contribution < -0.4 is 0 Å². The topological polar surface area (TPSA) is 56.0 Å². The van der Waals surface area contributed by atoms with Crippen LogP contribution in [0.25, 0.3) is 28.0 Å². The summed E-state index contributed by atoms with van der Waals surface area (Å²) < 4.78 is 1.84. The number of halogens is 1. The van der Waals surface area contributed by atoms with Crippen LogP contribution >= 0.6 is 11.6 Å². The van der Waals surface area contributed by atoms with Crippen LogP contribution in [-0.2, 0) is 0 Å². The first-order valence-corrected chi connectivity index (χ1v) is 8.48. The predicted molar refractivity (Wildman–Crippen MR) is 101 cm³/mol. The van der Waals surface area contributed by atoms with Crippen LogP contribution in [0.15, 0.2) is 55.1 Å². The smallest absolute Gasteiger partial charge is 0.162 e. The van der Waals surface area contributed by atoms with Gasteiger partial charge in [0.15, 0.2) is 5.65 Å². The zero-order chi connectivity index (χ0) is 17.8. The molecule has 0 radical (unpaired) electrons. The highest BCUT2D eigenvalue weighted by molar-refractivity contribution is 6.29. The van der Waals surface area contributed by atoms with E-state index in [1.807, 2.05) is 49.6 Å². The van der Waals surface area contributed by atoms with Gasteiger partial charge in [0.1, 0.15) is 5.15 Å². The number of hydrogen-bond acceptors (Lipinski definition) is 4. The highest BCUT2D eigenvalue weighted by Crippen LogP contribution is 2.29. The lowest BCUT2D eigenvalue weighted by Crippen LogP contribution is -1.96. The molecule has 4 aromatic rings. The Balaban J connectivity index is 0.000000880. The SMILES string of the molecule is CC.Cc1nc2c(-c3ccncc3)ccnn2c1-c1ccc(Cl)nc1. The Kier molecular flexibility index (Phi) is 5.05. The molecule has 4 heterocycles. The van der Waals surface area contributed by atoms with Gasteiger partial charge in [-0.3, -0.25) is 4.98 Å². The predicted octanol–water partition coefficient (Wildman–Crippen LogP) is 4.84. The Labute approximate surface area is 151 Å². The summed E-state index contributed by atoms with van der Waals surface area (Å²) in [5, 5.41) is 4.93. The normalized spacial score (nSPS) is 10.4. The molecule has 5 nitrogen and oxygen atoms in total. The van der Waals surface area contributed by atoms with Gasteiger partial charge in [0.2, 0.25) is 0 Å². The number of nitrogens with zero attached hydrogens (tertiary/aromatic N) is 5. The Morgan fingerprint density at radius 3 is 2.36 bits per heavy atom. The Morgan fingerprint density at radius 1 is 0.920 bits per heavy atom. The lowest BCUT2D eigenvalue weighted by molar-refractivity contribution is 0.942. The van der Waals surface area contributed by atoms with Gasteiger partial charge in [-0.05, 0) is 42.8 Å². The summed E-state index contributed by atoms with van der Waals surface area (Å²) in [4.78, 5) is 12.9. The lowest BCUT2D eigenvalue weighted by atomic mass is 10.1. The first-order valence-electron chi connectivity index (χ1n) is 8.11. The fourth-order valence-corrected chi connectivity index (χ4v) is 2.77. The molecule has 25 heavy (non-hydrogen) atoms. The van der Waals surface area contributed by atoms with Gasteiger partial charge in [0.25, 0.3) is 0 Å². The minimum absolute atomic E-state index is 0.464. The van der Waals surface area contributed by atoms with E-state index in [0.717, 1.165) is 33.7 Å². The minimum atomic E-state index is 0.464. The van der Waals surface area contributed by atoms with Crippen molar-refractivity contribution < 1.29 is 0 Å². The van der Waals surface area contributed by atoms with Crippen LogP contribution in [0.4, 0.5) is 0 Å². The van der Waals surface area contributed by atoms with Crippen LogP contribution in [0.1, 0.15) is 19.5 Å². The van der Waals surface area contributed by atoms with Crippen LogP contribution in [-0.4, -0.2) is 24.6 Å². The quantitative estimate of drug-likeness (QED) is 0.485. The van der Waals surface area contributed by atoms with Crippen molar-refractivity contribution >= 4 is 17.2 Å². The molecule has 4 aromatic heterocycles. The van der Waals surface area contributed by atoms with Gasteiger partial charge in [-0.25, -0.2) is 14.5 Å². The minimum Gasteiger partial charge on any atom is -0.265 e. The monoisotopic (exact) mass is 351 g/mol. The number of imidazole rings is 1. The molecule has 0 amide bonds. The van der Waals surface area contributed by atoms with Gasteiger partial charge in [-0.2, -0.15) is 5.10 Å². The number of aryl methyl sites for hydroxylation is 1. The van der Waals surface area contributed by atoms with Gasteiger partial charge in [0.05, 0.1) is 11.4 Å². The molecule has 0 atom stereocenters. The molecule has 4 rings (SSSR count). The molecule has 0 aromatic carbocycles. The van der Waals surface area contributed by atoms with Crippen molar-refractivity contribution in [3.63, 3.8) is 0 Å². The summed E-state index contributed by atoms with van der Waals surface area (Å²) >= 11 is 5.88. The second-order valence-corrected chi connectivity index (χ2v) is 5.52. The molecule has 126 valence electrons. The average Bonchev–Trinajstić information content (AvgIpc) is 3.01. The molecule has 0 aliphatic rings. The largest absolute Gasteiger partial charge is 0.265 e. The molecule has 0 aliphatic heterocycles. The van der Waals surface area contributed by atoms with E-state index in [1.54, 1.807) is 30.9 Å². The summed E-state index contributed by atoms with van der Waals surface area (Å²) in [5.41, 5.74) is 5.61.